The van der Waals surface area contributed by atoms with Crippen molar-refractivity contribution in [1.29, 1.82) is 0 Å². The highest BCUT2D eigenvalue weighted by Gasteiger charge is 2.30. The summed E-state index contributed by atoms with van der Waals surface area (Å²) in [6.45, 7) is 5.63. The zero-order valence-corrected chi connectivity index (χ0v) is 14.2. The Morgan fingerprint density at radius 3 is 2.17 bits per heavy atom. The van der Waals surface area contributed by atoms with Crippen molar-refractivity contribution in [2.75, 3.05) is 5.32 Å². The molecular weight excluding hydrogens is 302 g/mol. The number of hydrogen-bond acceptors (Lipinski definition) is 2. The third-order valence-electron chi connectivity index (χ3n) is 4.11. The summed E-state index contributed by atoms with van der Waals surface area (Å²) in [4.78, 5) is 24.1. The molecule has 2 N–H and O–H groups in total. The molecule has 0 aliphatic rings. The minimum atomic E-state index is -0.954. The number of carboxylic acids is 1. The molecule has 2 rings (SSSR count). The molecular formula is C20H23NO3. The Labute approximate surface area is 142 Å². The Kier molecular flexibility index (Phi) is 5.74. The Morgan fingerprint density at radius 2 is 1.62 bits per heavy atom. The van der Waals surface area contributed by atoms with E-state index in [9.17, 15) is 14.7 Å². The van der Waals surface area contributed by atoms with Gasteiger partial charge in [0.1, 0.15) is 0 Å². The smallest absolute Gasteiger partial charge is 0.307 e. The highest BCUT2D eigenvalue weighted by atomic mass is 16.4. The Balaban J connectivity index is 2.14. The third-order valence-corrected chi connectivity index (χ3v) is 4.11. The van der Waals surface area contributed by atoms with E-state index in [0.717, 1.165) is 16.7 Å². The second kappa shape index (κ2) is 7.77. The molecule has 0 saturated heterocycles. The number of anilines is 1. The first-order chi connectivity index (χ1) is 11.4. The number of nitrogens with one attached hydrogen (secondary N) is 1. The molecule has 0 saturated carbocycles. The fraction of sp³-hybridized carbons (Fsp3) is 0.300. The van der Waals surface area contributed by atoms with E-state index in [0.29, 0.717) is 12.1 Å². The van der Waals surface area contributed by atoms with E-state index in [-0.39, 0.29) is 5.91 Å². The van der Waals surface area contributed by atoms with Crippen LogP contribution < -0.4 is 5.32 Å². The average molecular weight is 325 g/mol. The van der Waals surface area contributed by atoms with Crippen LogP contribution in [0.5, 0.6) is 0 Å². The fourth-order valence-electron chi connectivity index (χ4n) is 2.88. The molecule has 4 heteroatoms. The molecule has 0 aliphatic carbocycles. The van der Waals surface area contributed by atoms with Crippen LogP contribution in [0.2, 0.25) is 0 Å². The summed E-state index contributed by atoms with van der Waals surface area (Å²) < 4.78 is 0. The van der Waals surface area contributed by atoms with Crippen LogP contribution >= 0.6 is 0 Å². The van der Waals surface area contributed by atoms with E-state index < -0.39 is 17.8 Å². The molecule has 0 spiro atoms. The van der Waals surface area contributed by atoms with Crippen LogP contribution in [-0.2, 0) is 16.0 Å². The van der Waals surface area contributed by atoms with Gasteiger partial charge in [0.2, 0.25) is 5.91 Å². The molecule has 126 valence electrons. The maximum Gasteiger partial charge on any atom is 0.307 e. The van der Waals surface area contributed by atoms with Crippen molar-refractivity contribution in [2.45, 2.75) is 27.2 Å². The van der Waals surface area contributed by atoms with Gasteiger partial charge in [0.15, 0.2) is 0 Å². The summed E-state index contributed by atoms with van der Waals surface area (Å²) in [5, 5.41) is 12.4. The molecule has 2 atom stereocenters. The van der Waals surface area contributed by atoms with E-state index in [1.54, 1.807) is 19.1 Å². The van der Waals surface area contributed by atoms with Crippen LogP contribution in [0.15, 0.2) is 48.5 Å². The lowest BCUT2D eigenvalue weighted by atomic mass is 9.86. The lowest BCUT2D eigenvalue weighted by molar-refractivity contribution is -0.145. The van der Waals surface area contributed by atoms with Gasteiger partial charge in [-0.3, -0.25) is 9.59 Å². The number of rotatable bonds is 6. The molecule has 0 radical (unpaired) electrons. The van der Waals surface area contributed by atoms with Crippen molar-refractivity contribution in [2.24, 2.45) is 11.8 Å². The normalized spacial score (nSPS) is 13.1. The quantitative estimate of drug-likeness (QED) is 0.848. The molecule has 0 fully saturated rings. The number of carbonyl (C=O) groups excluding carboxylic acids is 1. The third kappa shape index (κ3) is 4.69. The number of benzene rings is 2. The van der Waals surface area contributed by atoms with Gasteiger partial charge in [-0.15, -0.1) is 0 Å². The lowest BCUT2D eigenvalue weighted by Crippen LogP contribution is -2.33. The highest BCUT2D eigenvalue weighted by molar-refractivity contribution is 5.94. The largest absolute Gasteiger partial charge is 0.481 e. The van der Waals surface area contributed by atoms with Gasteiger partial charge >= 0.3 is 5.97 Å². The molecule has 0 aromatic heterocycles. The van der Waals surface area contributed by atoms with Crippen LogP contribution in [0.4, 0.5) is 5.69 Å². The summed E-state index contributed by atoms with van der Waals surface area (Å²) in [5.74, 6) is -2.64. The van der Waals surface area contributed by atoms with E-state index in [4.69, 9.17) is 0 Å². The first-order valence-corrected chi connectivity index (χ1v) is 8.02. The van der Waals surface area contributed by atoms with Gasteiger partial charge in [0, 0.05) is 11.6 Å². The second-order valence-electron chi connectivity index (χ2n) is 6.29. The maximum atomic E-state index is 12.4. The first kappa shape index (κ1) is 17.7. The maximum absolute atomic E-state index is 12.4. The van der Waals surface area contributed by atoms with Gasteiger partial charge in [0.05, 0.1) is 5.92 Å². The van der Waals surface area contributed by atoms with Gasteiger partial charge in [0.25, 0.3) is 0 Å². The number of aliphatic carboxylic acids is 1. The van der Waals surface area contributed by atoms with E-state index in [1.165, 1.54) is 0 Å². The summed E-state index contributed by atoms with van der Waals surface area (Å²) in [6.07, 6.45) is 0.335. The van der Waals surface area contributed by atoms with E-state index >= 15 is 0 Å². The predicted octanol–water partition coefficient (Wildman–Crippen LogP) is 3.82. The molecule has 4 nitrogen and oxygen atoms in total. The Bertz CT molecular complexity index is 705. The zero-order chi connectivity index (χ0) is 17.7. The number of hydrogen-bond donors (Lipinski definition) is 2. The number of para-hydroxylation sites is 1. The Morgan fingerprint density at radius 1 is 1.04 bits per heavy atom. The van der Waals surface area contributed by atoms with Crippen LogP contribution in [0.3, 0.4) is 0 Å². The van der Waals surface area contributed by atoms with Crippen LogP contribution in [0, 0.1) is 25.7 Å². The van der Waals surface area contributed by atoms with Crippen molar-refractivity contribution in [3.8, 4) is 0 Å². The van der Waals surface area contributed by atoms with Crippen molar-refractivity contribution >= 4 is 17.6 Å². The molecule has 2 aromatic carbocycles. The van der Waals surface area contributed by atoms with Crippen LogP contribution in [0.25, 0.3) is 0 Å². The predicted molar refractivity (Wildman–Crippen MR) is 95.0 cm³/mol. The van der Waals surface area contributed by atoms with Crippen molar-refractivity contribution in [1.82, 2.24) is 0 Å². The SMILES string of the molecule is Cc1cc(C)cc(C[C@H](C(=O)O)[C@H](C)C(=O)Nc2ccccc2)c1. The molecule has 1 amide bonds. The molecule has 0 unspecified atom stereocenters. The van der Waals surface area contributed by atoms with Crippen LogP contribution in [-0.4, -0.2) is 17.0 Å². The second-order valence-corrected chi connectivity index (χ2v) is 6.29. The number of carbonyl (C=O) groups is 2. The minimum Gasteiger partial charge on any atom is -0.481 e. The van der Waals surface area contributed by atoms with Gasteiger partial charge in [-0.1, -0.05) is 54.4 Å². The number of carboxylic acid groups (broad SMARTS) is 1. The minimum absolute atomic E-state index is 0.280. The first-order valence-electron chi connectivity index (χ1n) is 8.02. The molecule has 0 bridgehead atoms. The monoisotopic (exact) mass is 325 g/mol. The summed E-state index contributed by atoms with van der Waals surface area (Å²) in [6, 6.07) is 15.1. The molecule has 2 aromatic rings. The van der Waals surface area contributed by atoms with Crippen LogP contribution in [0.1, 0.15) is 23.6 Å². The molecule has 0 aliphatic heterocycles. The number of aryl methyl sites for hydroxylation is 2. The summed E-state index contributed by atoms with van der Waals surface area (Å²) >= 11 is 0. The Hall–Kier alpha value is -2.62. The van der Waals surface area contributed by atoms with Crippen molar-refractivity contribution in [3.63, 3.8) is 0 Å². The average Bonchev–Trinajstić information content (AvgIpc) is 2.51. The molecule has 24 heavy (non-hydrogen) atoms. The van der Waals surface area contributed by atoms with E-state index in [2.05, 4.69) is 5.32 Å². The van der Waals surface area contributed by atoms with Crippen molar-refractivity contribution in [3.05, 3.63) is 65.2 Å². The zero-order valence-electron chi connectivity index (χ0n) is 14.2. The van der Waals surface area contributed by atoms with Gasteiger partial charge in [-0.2, -0.15) is 0 Å². The lowest BCUT2D eigenvalue weighted by Gasteiger charge is -2.20. The topological polar surface area (TPSA) is 66.4 Å². The fourth-order valence-corrected chi connectivity index (χ4v) is 2.88. The highest BCUT2D eigenvalue weighted by Crippen LogP contribution is 2.22. The van der Waals surface area contributed by atoms with Gasteiger partial charge in [-0.25, -0.2) is 0 Å². The molecule has 0 heterocycles. The number of amides is 1. The van der Waals surface area contributed by atoms with Crippen molar-refractivity contribution < 1.29 is 14.7 Å². The summed E-state index contributed by atoms with van der Waals surface area (Å²) in [5.41, 5.74) is 3.80. The van der Waals surface area contributed by atoms with E-state index in [1.807, 2.05) is 50.2 Å². The standard InChI is InChI=1S/C20H23NO3/c1-13-9-14(2)11-16(10-13)12-18(20(23)24)15(3)19(22)21-17-7-5-4-6-8-17/h4-11,15,18H,12H2,1-3H3,(H,21,22)(H,23,24)/t15-,18-/m0/s1. The van der Waals surface area contributed by atoms with Gasteiger partial charge < -0.3 is 10.4 Å². The summed E-state index contributed by atoms with van der Waals surface area (Å²) in [7, 11) is 0. The van der Waals surface area contributed by atoms with Gasteiger partial charge in [-0.05, 0) is 38.0 Å².